The molecule has 132 valence electrons. The van der Waals surface area contributed by atoms with Crippen LogP contribution in [0.1, 0.15) is 0 Å². The average Bonchev–Trinajstić information content (AvgIpc) is 3.13. The highest BCUT2D eigenvalue weighted by Crippen LogP contribution is 2.65. The van der Waals surface area contributed by atoms with Crippen LogP contribution < -0.4 is 18.9 Å². The van der Waals surface area contributed by atoms with Crippen molar-refractivity contribution in [1.29, 1.82) is 0 Å². The lowest BCUT2D eigenvalue weighted by Gasteiger charge is -2.05. The van der Waals surface area contributed by atoms with Crippen molar-refractivity contribution in [3.8, 4) is 23.0 Å². The van der Waals surface area contributed by atoms with Gasteiger partial charge in [0.1, 0.15) is 49.4 Å². The van der Waals surface area contributed by atoms with Crippen LogP contribution in [-0.2, 0) is 0 Å². The molecule has 0 aromatic heterocycles. The fourth-order valence-electron chi connectivity index (χ4n) is 3.05. The van der Waals surface area contributed by atoms with Crippen LogP contribution in [0.4, 0.5) is 0 Å². The number of ether oxygens (including phenoxy) is 4. The van der Waals surface area contributed by atoms with Crippen LogP contribution in [-0.4, -0.2) is 26.4 Å². The summed E-state index contributed by atoms with van der Waals surface area (Å²) in [6.45, 7) is 2.39. The highest BCUT2D eigenvalue weighted by molar-refractivity contribution is 8.30. The predicted molar refractivity (Wildman–Crippen MR) is 105 cm³/mol. The van der Waals surface area contributed by atoms with Crippen LogP contribution in [0.5, 0.6) is 23.0 Å². The van der Waals surface area contributed by atoms with Gasteiger partial charge in [-0.3, -0.25) is 0 Å². The molecule has 0 saturated heterocycles. The van der Waals surface area contributed by atoms with Gasteiger partial charge in [-0.1, -0.05) is 47.0 Å². The van der Waals surface area contributed by atoms with Crippen LogP contribution in [0.3, 0.4) is 0 Å². The maximum absolute atomic E-state index is 5.87. The van der Waals surface area contributed by atoms with Crippen LogP contribution in [0.25, 0.3) is 0 Å². The highest BCUT2D eigenvalue weighted by atomic mass is 32.2. The summed E-state index contributed by atoms with van der Waals surface area (Å²) in [5.41, 5.74) is 0. The maximum Gasteiger partial charge on any atom is 0.138 e. The first-order valence-corrected chi connectivity index (χ1v) is 11.4. The van der Waals surface area contributed by atoms with Gasteiger partial charge in [0.2, 0.25) is 0 Å². The average molecular weight is 421 g/mol. The van der Waals surface area contributed by atoms with Gasteiger partial charge in [-0.05, 0) is 12.1 Å². The van der Waals surface area contributed by atoms with Crippen molar-refractivity contribution < 1.29 is 18.9 Å². The van der Waals surface area contributed by atoms with E-state index >= 15 is 0 Å². The molecule has 0 saturated carbocycles. The molecule has 2 aromatic rings. The zero-order valence-corrected chi connectivity index (χ0v) is 16.7. The van der Waals surface area contributed by atoms with Crippen LogP contribution in [0, 0.1) is 0 Å². The standard InChI is InChI=1S/C18H12O4S4/c1-3-21-11-5-9(19-1)7-13-15(11)25-17(23-13)18-24-14-8-10-6-12(16(14)26-18)22-4-2-20-10/h5-8H,1-4H2/b18-17+. The minimum absolute atomic E-state index is 0.593. The molecule has 4 aliphatic rings. The second-order valence-electron chi connectivity index (χ2n) is 5.87. The first kappa shape index (κ1) is 15.8. The molecule has 4 aliphatic heterocycles. The summed E-state index contributed by atoms with van der Waals surface area (Å²) < 4.78 is 25.7. The van der Waals surface area contributed by atoms with E-state index in [0.717, 1.165) is 23.0 Å². The van der Waals surface area contributed by atoms with Crippen molar-refractivity contribution in [3.63, 3.8) is 0 Å². The van der Waals surface area contributed by atoms with Gasteiger partial charge < -0.3 is 18.9 Å². The monoisotopic (exact) mass is 420 g/mol. The molecule has 0 spiro atoms. The van der Waals surface area contributed by atoms with Gasteiger partial charge in [0.15, 0.2) is 0 Å². The van der Waals surface area contributed by atoms with Crippen LogP contribution in [0.2, 0.25) is 0 Å². The summed E-state index contributed by atoms with van der Waals surface area (Å²) in [6, 6.07) is 8.24. The minimum Gasteiger partial charge on any atom is -0.490 e. The van der Waals surface area contributed by atoms with Gasteiger partial charge >= 0.3 is 0 Å². The fourth-order valence-corrected chi connectivity index (χ4v) is 8.52. The van der Waals surface area contributed by atoms with Crippen molar-refractivity contribution in [2.45, 2.75) is 19.6 Å². The van der Waals surface area contributed by atoms with Crippen molar-refractivity contribution in [3.05, 3.63) is 32.7 Å². The Kier molecular flexibility index (Phi) is 3.74. The van der Waals surface area contributed by atoms with Gasteiger partial charge in [0, 0.05) is 21.9 Å². The molecule has 0 fully saturated rings. The summed E-state index contributed by atoms with van der Waals surface area (Å²) in [5.74, 6) is 3.65. The predicted octanol–water partition coefficient (Wildman–Crippen LogP) is 5.45. The molecule has 0 radical (unpaired) electrons. The summed E-state index contributed by atoms with van der Waals surface area (Å²) in [6.07, 6.45) is 0. The van der Waals surface area contributed by atoms with E-state index in [-0.39, 0.29) is 0 Å². The molecule has 6 rings (SSSR count). The van der Waals surface area contributed by atoms with Crippen LogP contribution >= 0.6 is 47.0 Å². The van der Waals surface area contributed by atoms with Gasteiger partial charge in [0.05, 0.1) is 18.3 Å². The zero-order chi connectivity index (χ0) is 17.1. The molecule has 4 nitrogen and oxygen atoms in total. The SMILES string of the molecule is c1c2cc3c(c1OCCO2)S/C(=C1\Sc2cc4cc(c2S1)OCCO4)S3. The van der Waals surface area contributed by atoms with E-state index in [0.29, 0.717) is 26.4 Å². The molecule has 0 amide bonds. The van der Waals surface area contributed by atoms with E-state index in [1.807, 2.05) is 12.1 Å². The van der Waals surface area contributed by atoms with Crippen molar-refractivity contribution in [1.82, 2.24) is 0 Å². The van der Waals surface area contributed by atoms with E-state index in [9.17, 15) is 0 Å². The smallest absolute Gasteiger partial charge is 0.138 e. The Morgan fingerprint density at radius 1 is 0.538 bits per heavy atom. The summed E-state index contributed by atoms with van der Waals surface area (Å²) in [5, 5.41) is 0. The molecule has 26 heavy (non-hydrogen) atoms. The Hall–Kier alpha value is -1.22. The van der Waals surface area contributed by atoms with Crippen molar-refractivity contribution in [2.75, 3.05) is 26.4 Å². The van der Waals surface area contributed by atoms with E-state index < -0.39 is 0 Å². The molecule has 0 N–H and O–H groups in total. The maximum atomic E-state index is 5.87. The molecule has 0 aliphatic carbocycles. The lowest BCUT2D eigenvalue weighted by molar-refractivity contribution is 0.230. The lowest BCUT2D eigenvalue weighted by atomic mass is 10.3. The second-order valence-corrected chi connectivity index (χ2v) is 10.5. The molecule has 4 bridgehead atoms. The topological polar surface area (TPSA) is 36.9 Å². The normalized spacial score (nSPS) is 22.2. The van der Waals surface area contributed by atoms with Crippen molar-refractivity contribution in [2.24, 2.45) is 0 Å². The van der Waals surface area contributed by atoms with Crippen molar-refractivity contribution >= 4 is 47.0 Å². The first-order valence-electron chi connectivity index (χ1n) is 8.16. The Balaban J connectivity index is 1.36. The molecular formula is C18H12O4S4. The summed E-state index contributed by atoms with van der Waals surface area (Å²) >= 11 is 7.18. The number of hydrogen-bond acceptors (Lipinski definition) is 8. The Morgan fingerprint density at radius 3 is 1.50 bits per heavy atom. The molecule has 2 aromatic carbocycles. The molecule has 0 unspecified atom stereocenters. The second kappa shape index (κ2) is 6.15. The van der Waals surface area contributed by atoms with E-state index in [2.05, 4.69) is 12.1 Å². The highest BCUT2D eigenvalue weighted by Gasteiger charge is 2.32. The van der Waals surface area contributed by atoms with E-state index in [4.69, 9.17) is 18.9 Å². The molecule has 0 atom stereocenters. The lowest BCUT2D eigenvalue weighted by Crippen LogP contribution is -2.05. The Morgan fingerprint density at radius 2 is 1.00 bits per heavy atom. The quantitative estimate of drug-likeness (QED) is 0.557. The number of benzene rings is 2. The van der Waals surface area contributed by atoms with Gasteiger partial charge in [-0.15, -0.1) is 0 Å². The zero-order valence-electron chi connectivity index (χ0n) is 13.4. The van der Waals surface area contributed by atoms with Gasteiger partial charge in [-0.25, -0.2) is 0 Å². The number of hydrogen-bond donors (Lipinski definition) is 0. The number of fused-ring (bicyclic) bond motifs is 8. The Bertz CT molecular complexity index is 895. The first-order chi connectivity index (χ1) is 12.8. The van der Waals surface area contributed by atoms with Gasteiger partial charge in [-0.2, -0.15) is 0 Å². The van der Waals surface area contributed by atoms with E-state index in [1.165, 1.54) is 28.1 Å². The third-order valence-electron chi connectivity index (χ3n) is 4.17. The number of rotatable bonds is 0. The molecule has 8 heteroatoms. The van der Waals surface area contributed by atoms with Gasteiger partial charge in [0.25, 0.3) is 0 Å². The largest absolute Gasteiger partial charge is 0.490 e. The molecule has 4 heterocycles. The number of thioether (sulfide) groups is 4. The van der Waals surface area contributed by atoms with E-state index in [1.54, 1.807) is 47.0 Å². The fraction of sp³-hybridized carbons (Fsp3) is 0.222. The third kappa shape index (κ3) is 2.58. The van der Waals surface area contributed by atoms with Crippen LogP contribution in [0.15, 0.2) is 52.3 Å². The third-order valence-corrected chi connectivity index (χ3v) is 9.84. The summed E-state index contributed by atoms with van der Waals surface area (Å²) in [7, 11) is 0. The molecular weight excluding hydrogens is 408 g/mol. The minimum atomic E-state index is 0.593. The Labute approximate surface area is 167 Å². The summed E-state index contributed by atoms with van der Waals surface area (Å²) in [4.78, 5) is 4.83.